The molecule has 2 aliphatic rings. The Morgan fingerprint density at radius 2 is 2.23 bits per heavy atom. The molecule has 0 spiro atoms. The first-order valence-corrected chi connectivity index (χ1v) is 7.80. The first-order chi connectivity index (χ1) is 10.7. The van der Waals surface area contributed by atoms with E-state index in [0.717, 1.165) is 30.8 Å². The van der Waals surface area contributed by atoms with Gasteiger partial charge in [0.05, 0.1) is 6.04 Å². The van der Waals surface area contributed by atoms with Crippen LogP contribution < -0.4 is 5.32 Å². The summed E-state index contributed by atoms with van der Waals surface area (Å²) in [5, 5.41) is 3.13. The highest BCUT2D eigenvalue weighted by atomic mass is 16.5. The number of aryl methyl sites for hydroxylation is 1. The Morgan fingerprint density at radius 1 is 1.36 bits per heavy atom. The fourth-order valence-electron chi connectivity index (χ4n) is 3.14. The summed E-state index contributed by atoms with van der Waals surface area (Å²) >= 11 is 0. The molecule has 2 atom stereocenters. The molecule has 0 bridgehead atoms. The minimum atomic E-state index is -0.173. The number of rotatable bonds is 4. The van der Waals surface area contributed by atoms with Crippen LogP contribution in [0.25, 0.3) is 0 Å². The van der Waals surface area contributed by atoms with Gasteiger partial charge in [0.1, 0.15) is 17.6 Å². The molecule has 0 aromatic carbocycles. The predicted molar refractivity (Wildman–Crippen MR) is 80.5 cm³/mol. The lowest BCUT2D eigenvalue weighted by atomic mass is 10.1. The molecule has 2 aromatic rings. The third-order valence-electron chi connectivity index (χ3n) is 4.47. The van der Waals surface area contributed by atoms with Crippen molar-refractivity contribution in [3.8, 4) is 0 Å². The van der Waals surface area contributed by atoms with Crippen molar-refractivity contribution in [2.24, 2.45) is 7.05 Å². The van der Waals surface area contributed by atoms with Crippen molar-refractivity contribution in [2.75, 3.05) is 6.61 Å². The minimum Gasteiger partial charge on any atom is -0.368 e. The Labute approximate surface area is 129 Å². The lowest BCUT2D eigenvalue weighted by molar-refractivity contribution is 0.0773. The summed E-state index contributed by atoms with van der Waals surface area (Å²) in [6, 6.07) is 4.30. The zero-order valence-electron chi connectivity index (χ0n) is 12.6. The predicted octanol–water partition coefficient (Wildman–Crippen LogP) is 1.82. The van der Waals surface area contributed by atoms with E-state index < -0.39 is 0 Å². The molecule has 1 saturated heterocycles. The average molecular weight is 300 g/mol. The summed E-state index contributed by atoms with van der Waals surface area (Å²) in [6.45, 7) is 0.645. The second-order valence-electron chi connectivity index (χ2n) is 6.09. The van der Waals surface area contributed by atoms with Gasteiger partial charge in [-0.2, -0.15) is 0 Å². The van der Waals surface area contributed by atoms with Crippen LogP contribution in [-0.4, -0.2) is 32.7 Å². The normalized spacial score (nSPS) is 24.6. The highest BCUT2D eigenvalue weighted by Crippen LogP contribution is 2.36. The second kappa shape index (κ2) is 5.28. The van der Waals surface area contributed by atoms with Gasteiger partial charge in [0.15, 0.2) is 0 Å². The van der Waals surface area contributed by atoms with Crippen molar-refractivity contribution in [1.29, 1.82) is 0 Å². The summed E-state index contributed by atoms with van der Waals surface area (Å²) in [5.74, 6) is 0.840. The number of ether oxygens (including phenoxy) is 1. The number of carbonyl (C=O) groups is 1. The van der Waals surface area contributed by atoms with Crippen LogP contribution in [0.4, 0.5) is 0 Å². The smallest absolute Gasteiger partial charge is 0.268 e. The van der Waals surface area contributed by atoms with Crippen LogP contribution in [-0.2, 0) is 11.8 Å². The molecule has 1 amide bonds. The molecule has 1 saturated carbocycles. The maximum atomic E-state index is 12.6. The molecule has 0 radical (unpaired) electrons. The fraction of sp³-hybridized carbons (Fsp3) is 0.500. The summed E-state index contributed by atoms with van der Waals surface area (Å²) < 4.78 is 9.82. The fourth-order valence-corrected chi connectivity index (χ4v) is 3.14. The van der Waals surface area contributed by atoms with E-state index in [1.807, 2.05) is 36.1 Å². The minimum absolute atomic E-state index is 0.0217. The van der Waals surface area contributed by atoms with Gasteiger partial charge in [-0.3, -0.25) is 4.79 Å². The van der Waals surface area contributed by atoms with Crippen LogP contribution in [0.3, 0.4) is 0 Å². The Balaban J connectivity index is 1.51. The van der Waals surface area contributed by atoms with E-state index in [0.29, 0.717) is 12.6 Å². The van der Waals surface area contributed by atoms with E-state index in [1.54, 1.807) is 6.20 Å². The van der Waals surface area contributed by atoms with Crippen LogP contribution in [0, 0.1) is 0 Å². The number of carbonyl (C=O) groups excluding carboxylic acids is 1. The number of hydrogen-bond acceptors (Lipinski definition) is 3. The van der Waals surface area contributed by atoms with Gasteiger partial charge in [-0.05, 0) is 31.4 Å². The molecule has 116 valence electrons. The lowest BCUT2D eigenvalue weighted by Crippen LogP contribution is -2.38. The third kappa shape index (κ3) is 2.33. The van der Waals surface area contributed by atoms with Crippen LogP contribution in [0.1, 0.15) is 47.7 Å². The molecule has 2 aromatic heterocycles. The second-order valence-corrected chi connectivity index (χ2v) is 6.09. The van der Waals surface area contributed by atoms with Crippen LogP contribution in [0.5, 0.6) is 0 Å². The van der Waals surface area contributed by atoms with Gasteiger partial charge >= 0.3 is 0 Å². The number of amides is 1. The topological polar surface area (TPSA) is 61.1 Å². The molecule has 1 aliphatic carbocycles. The van der Waals surface area contributed by atoms with Gasteiger partial charge in [-0.1, -0.05) is 0 Å². The molecule has 22 heavy (non-hydrogen) atoms. The quantitative estimate of drug-likeness (QED) is 0.937. The first-order valence-electron chi connectivity index (χ1n) is 7.80. The van der Waals surface area contributed by atoms with Gasteiger partial charge < -0.3 is 19.2 Å². The van der Waals surface area contributed by atoms with Crippen molar-refractivity contribution in [3.05, 3.63) is 42.2 Å². The number of nitrogens with one attached hydrogen (secondary N) is 1. The van der Waals surface area contributed by atoms with Gasteiger partial charge in [-0.25, -0.2) is 4.98 Å². The molecular formula is C16H20N4O2. The monoisotopic (exact) mass is 300 g/mol. The molecule has 6 nitrogen and oxygen atoms in total. The van der Waals surface area contributed by atoms with Crippen molar-refractivity contribution in [1.82, 2.24) is 19.4 Å². The molecule has 6 heteroatoms. The van der Waals surface area contributed by atoms with E-state index in [-0.39, 0.29) is 18.1 Å². The zero-order valence-corrected chi connectivity index (χ0v) is 12.6. The highest BCUT2D eigenvalue weighted by Gasteiger charge is 2.35. The van der Waals surface area contributed by atoms with Crippen molar-refractivity contribution in [2.45, 2.75) is 37.5 Å². The number of nitrogens with zero attached hydrogens (tertiary/aromatic N) is 3. The average Bonchev–Trinajstić information content (AvgIpc) is 2.91. The zero-order chi connectivity index (χ0) is 15.1. The third-order valence-corrected chi connectivity index (χ3v) is 4.47. The summed E-state index contributed by atoms with van der Waals surface area (Å²) in [7, 11) is 1.95. The summed E-state index contributed by atoms with van der Waals surface area (Å²) in [4.78, 5) is 17.0. The van der Waals surface area contributed by atoms with E-state index in [1.165, 1.54) is 0 Å². The summed E-state index contributed by atoms with van der Waals surface area (Å²) in [5.41, 5.74) is 0.744. The Hall–Kier alpha value is -2.08. The van der Waals surface area contributed by atoms with Crippen LogP contribution >= 0.6 is 0 Å². The Morgan fingerprint density at radius 3 is 2.95 bits per heavy atom. The molecular weight excluding hydrogens is 280 g/mol. The Bertz CT molecular complexity index is 686. The maximum absolute atomic E-state index is 12.6. The van der Waals surface area contributed by atoms with Crippen LogP contribution in [0.15, 0.2) is 30.7 Å². The lowest BCUT2D eigenvalue weighted by Gasteiger charge is -2.20. The number of imidazole rings is 1. The van der Waals surface area contributed by atoms with E-state index in [2.05, 4.69) is 14.9 Å². The number of aromatic nitrogens is 3. The Kier molecular flexibility index (Phi) is 3.26. The van der Waals surface area contributed by atoms with Gasteiger partial charge in [0.2, 0.25) is 0 Å². The van der Waals surface area contributed by atoms with E-state index in [4.69, 9.17) is 4.74 Å². The molecule has 2 fully saturated rings. The number of hydrogen-bond donors (Lipinski definition) is 1. The molecule has 3 heterocycles. The highest BCUT2D eigenvalue weighted by molar-refractivity contribution is 5.93. The SMILES string of the molecule is Cn1ccnc1[C@H]1OCC[C@@H]1NC(=O)c1cccn1C1CC1. The summed E-state index contributed by atoms with van der Waals surface area (Å²) in [6.07, 6.45) is 8.62. The van der Waals surface area contributed by atoms with Crippen molar-refractivity contribution < 1.29 is 9.53 Å². The molecule has 1 N–H and O–H groups in total. The van der Waals surface area contributed by atoms with Crippen molar-refractivity contribution in [3.63, 3.8) is 0 Å². The first kappa shape index (κ1) is 13.6. The van der Waals surface area contributed by atoms with Gasteiger partial charge in [0.25, 0.3) is 5.91 Å². The van der Waals surface area contributed by atoms with E-state index >= 15 is 0 Å². The van der Waals surface area contributed by atoms with Gasteiger partial charge in [0, 0.05) is 38.3 Å². The largest absolute Gasteiger partial charge is 0.368 e. The molecule has 0 unspecified atom stereocenters. The molecule has 4 rings (SSSR count). The van der Waals surface area contributed by atoms with E-state index in [9.17, 15) is 4.79 Å². The maximum Gasteiger partial charge on any atom is 0.268 e. The molecule has 1 aliphatic heterocycles. The van der Waals surface area contributed by atoms with Crippen LogP contribution in [0.2, 0.25) is 0 Å². The standard InChI is InChI=1S/C16H20N4O2/c1-19-9-7-17-15(19)14-12(6-10-22-14)18-16(21)13-3-2-8-20(13)11-4-5-11/h2-3,7-9,11-12,14H,4-6,10H2,1H3,(H,18,21)/t12-,14-/m0/s1. The van der Waals surface area contributed by atoms with Crippen molar-refractivity contribution >= 4 is 5.91 Å². The van der Waals surface area contributed by atoms with Gasteiger partial charge in [-0.15, -0.1) is 0 Å².